The van der Waals surface area contributed by atoms with Crippen LogP contribution in [0, 0.1) is 0 Å². The fourth-order valence-electron chi connectivity index (χ4n) is 3.14. The van der Waals surface area contributed by atoms with E-state index in [1.807, 2.05) is 14.1 Å². The van der Waals surface area contributed by atoms with Crippen molar-refractivity contribution in [2.75, 3.05) is 33.9 Å². The second-order valence-electron chi connectivity index (χ2n) is 7.75. The Morgan fingerprint density at radius 3 is 1.58 bits per heavy atom. The van der Waals surface area contributed by atoms with Gasteiger partial charge in [0.2, 0.25) is 0 Å². The van der Waals surface area contributed by atoms with Crippen LogP contribution in [0.2, 0.25) is 0 Å². The summed E-state index contributed by atoms with van der Waals surface area (Å²) in [7, 11) is 3.99. The van der Waals surface area contributed by atoms with Crippen LogP contribution in [0.4, 0.5) is 0 Å². The smallest absolute Gasteiger partial charge is 0.131 e. The van der Waals surface area contributed by atoms with Crippen LogP contribution in [0.25, 0.3) is 0 Å². The van der Waals surface area contributed by atoms with Crippen LogP contribution in [0.15, 0.2) is 0 Å². The molecule has 0 bridgehead atoms. The van der Waals surface area contributed by atoms with Gasteiger partial charge in [-0.1, -0.05) is 84.0 Å². The van der Waals surface area contributed by atoms with Gasteiger partial charge in [-0.05, 0) is 12.8 Å². The van der Waals surface area contributed by atoms with E-state index >= 15 is 0 Å². The molecule has 0 spiro atoms. The van der Waals surface area contributed by atoms with Gasteiger partial charge in [-0.25, -0.2) is 9.05 Å². The fraction of sp³-hybridized carbons (Fsp3) is 1.00. The zero-order valence-corrected chi connectivity index (χ0v) is 18.3. The summed E-state index contributed by atoms with van der Waals surface area (Å²) >= 11 is -2.45. The molecule has 0 aliphatic carbocycles. The van der Waals surface area contributed by atoms with E-state index < -0.39 is 11.4 Å². The molecular weight excluding hydrogens is 350 g/mol. The first-order valence-electron chi connectivity index (χ1n) is 10.7. The van der Waals surface area contributed by atoms with E-state index in [1.165, 1.54) is 83.5 Å². The van der Waals surface area contributed by atoms with Gasteiger partial charge in [-0.3, -0.25) is 4.18 Å². The van der Waals surface area contributed by atoms with Crippen molar-refractivity contribution < 1.29 is 22.4 Å². The lowest BCUT2D eigenvalue weighted by molar-refractivity contribution is -1.08. The van der Waals surface area contributed by atoms with E-state index in [0.29, 0.717) is 11.3 Å². The molecule has 0 aliphatic rings. The molecule has 0 fully saturated rings. The second kappa shape index (κ2) is 18.4. The van der Waals surface area contributed by atoms with Gasteiger partial charge in [-0.2, -0.15) is 4.65 Å². The van der Waals surface area contributed by atoms with Crippen molar-refractivity contribution >= 4 is 11.4 Å². The minimum absolute atomic E-state index is 0.0799. The Balaban J connectivity index is 3.28. The summed E-state index contributed by atoms with van der Waals surface area (Å²) in [5.41, 5.74) is 0. The molecule has 0 aliphatic heterocycles. The molecule has 0 saturated carbocycles. The molecule has 0 N–H and O–H groups in total. The van der Waals surface area contributed by atoms with E-state index in [-0.39, 0.29) is 6.61 Å². The van der Waals surface area contributed by atoms with Crippen molar-refractivity contribution in [3.8, 4) is 0 Å². The van der Waals surface area contributed by atoms with Gasteiger partial charge in [-0.15, -0.1) is 0 Å². The van der Waals surface area contributed by atoms with Crippen molar-refractivity contribution in [2.45, 2.75) is 96.8 Å². The SMILES string of the molecule is CCCCCCCCCCCCCCCC[N+](C)(C)OCCOS(=O)[O-]. The molecule has 0 saturated heterocycles. The zero-order valence-electron chi connectivity index (χ0n) is 17.5. The maximum absolute atomic E-state index is 10.3. The average Bonchev–Trinajstić information content (AvgIpc) is 2.59. The molecule has 1 atom stereocenters. The lowest BCUT2D eigenvalue weighted by Gasteiger charge is -2.26. The highest BCUT2D eigenvalue weighted by molar-refractivity contribution is 7.74. The third kappa shape index (κ3) is 20.3. The van der Waals surface area contributed by atoms with E-state index in [9.17, 15) is 8.76 Å². The van der Waals surface area contributed by atoms with Gasteiger partial charge >= 0.3 is 0 Å². The van der Waals surface area contributed by atoms with Crippen molar-refractivity contribution in [2.24, 2.45) is 0 Å². The summed E-state index contributed by atoms with van der Waals surface area (Å²) in [6.45, 7) is 3.59. The quantitative estimate of drug-likeness (QED) is 0.122. The topological polar surface area (TPSA) is 58.6 Å². The lowest BCUT2D eigenvalue weighted by Crippen LogP contribution is -2.41. The number of quaternary nitrogens is 1. The van der Waals surface area contributed by atoms with Crippen LogP contribution in [-0.4, -0.2) is 47.3 Å². The van der Waals surface area contributed by atoms with Crippen LogP contribution in [-0.2, 0) is 20.4 Å². The summed E-state index contributed by atoms with van der Waals surface area (Å²) in [4.78, 5) is 5.63. The first kappa shape index (κ1) is 26.0. The Morgan fingerprint density at radius 1 is 0.731 bits per heavy atom. The molecule has 0 amide bonds. The largest absolute Gasteiger partial charge is 0.750 e. The first-order chi connectivity index (χ1) is 12.5. The average molecular weight is 394 g/mol. The number of hydrogen-bond donors (Lipinski definition) is 0. The number of hydrogen-bond acceptors (Lipinski definition) is 4. The highest BCUT2D eigenvalue weighted by Gasteiger charge is 2.15. The van der Waals surface area contributed by atoms with Gasteiger partial charge in [0.15, 0.2) is 0 Å². The Morgan fingerprint density at radius 2 is 1.15 bits per heavy atom. The number of rotatable bonds is 20. The maximum Gasteiger partial charge on any atom is 0.131 e. The van der Waals surface area contributed by atoms with Crippen molar-refractivity contribution in [1.29, 1.82) is 0 Å². The fourth-order valence-corrected chi connectivity index (χ4v) is 3.34. The number of nitrogens with zero attached hydrogens (tertiary/aromatic N) is 1. The van der Waals surface area contributed by atoms with E-state index in [1.54, 1.807) is 0 Å². The summed E-state index contributed by atoms with van der Waals surface area (Å²) in [5.74, 6) is 0. The van der Waals surface area contributed by atoms with Gasteiger partial charge in [0.05, 0.1) is 32.1 Å². The molecule has 5 nitrogen and oxygen atoms in total. The standard InChI is InChI=1S/C20H43NO4S/c1-4-5-6-7-8-9-10-11-12-13-14-15-16-17-18-21(2,3)24-19-20-25-26(22)23/h4-20H2,1-3H3. The molecular formula is C20H43NO4S. The normalized spacial score (nSPS) is 13.2. The monoisotopic (exact) mass is 393 g/mol. The highest BCUT2D eigenvalue weighted by Crippen LogP contribution is 2.13. The first-order valence-corrected chi connectivity index (χ1v) is 11.7. The predicted octanol–water partition coefficient (Wildman–Crippen LogP) is 5.29. The molecule has 158 valence electrons. The minimum Gasteiger partial charge on any atom is -0.750 e. The second-order valence-corrected chi connectivity index (χ2v) is 8.40. The number of hydroxylamine groups is 3. The summed E-state index contributed by atoms with van der Waals surface area (Å²) in [5, 5.41) is 0. The summed E-state index contributed by atoms with van der Waals surface area (Å²) in [6, 6.07) is 0. The molecule has 0 aromatic heterocycles. The summed E-state index contributed by atoms with van der Waals surface area (Å²) in [6.07, 6.45) is 19.0. The van der Waals surface area contributed by atoms with E-state index in [4.69, 9.17) is 4.84 Å². The van der Waals surface area contributed by atoms with Crippen LogP contribution in [0.1, 0.15) is 96.8 Å². The third-order valence-corrected chi connectivity index (χ3v) is 5.11. The van der Waals surface area contributed by atoms with E-state index in [2.05, 4.69) is 11.1 Å². The van der Waals surface area contributed by atoms with Gasteiger partial charge in [0, 0.05) is 0 Å². The Kier molecular flexibility index (Phi) is 18.4. The third-order valence-electron chi connectivity index (χ3n) is 4.75. The van der Waals surface area contributed by atoms with Crippen molar-refractivity contribution in [3.63, 3.8) is 0 Å². The molecule has 6 heteroatoms. The van der Waals surface area contributed by atoms with Gasteiger partial charge in [0.1, 0.15) is 13.2 Å². The van der Waals surface area contributed by atoms with Gasteiger partial charge < -0.3 is 4.55 Å². The predicted molar refractivity (Wildman–Crippen MR) is 108 cm³/mol. The Bertz CT molecular complexity index is 327. The molecule has 0 aromatic rings. The Labute approximate surface area is 164 Å². The molecule has 0 heterocycles. The molecule has 0 radical (unpaired) electrons. The van der Waals surface area contributed by atoms with Crippen molar-refractivity contribution in [3.05, 3.63) is 0 Å². The molecule has 0 aromatic carbocycles. The molecule has 1 unspecified atom stereocenters. The highest BCUT2D eigenvalue weighted by atomic mass is 32.2. The van der Waals surface area contributed by atoms with E-state index in [0.717, 1.165) is 13.0 Å². The molecule has 26 heavy (non-hydrogen) atoms. The zero-order chi connectivity index (χ0) is 19.5. The van der Waals surface area contributed by atoms with Crippen LogP contribution in [0.3, 0.4) is 0 Å². The van der Waals surface area contributed by atoms with Crippen molar-refractivity contribution in [1.82, 2.24) is 0 Å². The molecule has 0 rings (SSSR count). The van der Waals surface area contributed by atoms with Crippen LogP contribution < -0.4 is 0 Å². The van der Waals surface area contributed by atoms with Gasteiger partial charge in [0.25, 0.3) is 0 Å². The minimum atomic E-state index is -2.45. The summed E-state index contributed by atoms with van der Waals surface area (Å²) < 4.78 is 25.4. The lowest BCUT2D eigenvalue weighted by atomic mass is 10.0. The van der Waals surface area contributed by atoms with Crippen LogP contribution >= 0.6 is 0 Å². The number of unbranched alkanes of at least 4 members (excludes halogenated alkanes) is 13. The maximum atomic E-state index is 10.3. The van der Waals surface area contributed by atoms with Crippen LogP contribution in [0.5, 0.6) is 0 Å². The Hall–Kier alpha value is -0.0100.